The minimum absolute atomic E-state index is 0. The highest BCUT2D eigenvalue weighted by Gasteiger charge is 2.24. The van der Waals surface area contributed by atoms with Crippen LogP contribution in [0.1, 0.15) is 49.8 Å². The molecule has 8 nitrogen and oxygen atoms in total. The summed E-state index contributed by atoms with van der Waals surface area (Å²) in [7, 11) is -3.93. The molecule has 39 heavy (non-hydrogen) atoms. The fourth-order valence-electron chi connectivity index (χ4n) is 4.98. The number of aromatic nitrogens is 2. The van der Waals surface area contributed by atoms with Crippen molar-refractivity contribution in [3.8, 4) is 17.1 Å². The van der Waals surface area contributed by atoms with Gasteiger partial charge in [0.25, 0.3) is 10.0 Å². The molecule has 4 bridgehead atoms. The predicted molar refractivity (Wildman–Crippen MR) is 157 cm³/mol. The van der Waals surface area contributed by atoms with Crippen LogP contribution in [0.2, 0.25) is 0 Å². The largest absolute Gasteiger partial charge is 0.476 e. The van der Waals surface area contributed by atoms with Crippen LogP contribution in [0.4, 0.5) is 5.95 Å². The number of aliphatic hydroxyl groups excluding tert-OH is 1. The van der Waals surface area contributed by atoms with E-state index in [2.05, 4.69) is 33.4 Å². The van der Waals surface area contributed by atoms with Crippen molar-refractivity contribution in [2.45, 2.75) is 64.4 Å². The van der Waals surface area contributed by atoms with Crippen LogP contribution in [0, 0.1) is 19.8 Å². The molecule has 1 aliphatic heterocycles. The maximum atomic E-state index is 13.4. The molecular weight excluding hydrogens is 536 g/mol. The van der Waals surface area contributed by atoms with Gasteiger partial charge >= 0.3 is 0 Å². The first-order valence-electron chi connectivity index (χ1n) is 13.2. The zero-order valence-electron chi connectivity index (χ0n) is 23.1. The highest BCUT2D eigenvalue weighted by molar-refractivity contribution is 7.92. The molecule has 1 atom stereocenters. The van der Waals surface area contributed by atoms with Gasteiger partial charge in [-0.25, -0.2) is 18.1 Å². The standard InChI is InChI=1S/C29H38N4O4S.ClH/c1-20(2)15-24-19-37-27-17-26(28-21(3)9-7-10-22(28)4)30-29(31-27)32-38(35,36)25-12-8-11-23(16-25)18-33(24)13-5-6-14-34;/h7-12,16-17,20,24,34H,5-6,13-15,18-19H2,1-4H3,(H,30,31,32);1H/t24-;/m1./s1. The van der Waals surface area contributed by atoms with Crippen LogP contribution in [0.25, 0.3) is 11.3 Å². The molecule has 0 saturated carbocycles. The normalized spacial score (nSPS) is 17.1. The number of sulfonamides is 1. The van der Waals surface area contributed by atoms with E-state index in [0.29, 0.717) is 37.1 Å². The van der Waals surface area contributed by atoms with Gasteiger partial charge in [-0.3, -0.25) is 4.90 Å². The van der Waals surface area contributed by atoms with Crippen LogP contribution < -0.4 is 9.46 Å². The van der Waals surface area contributed by atoms with Gasteiger partial charge in [0.05, 0.1) is 10.6 Å². The Labute approximate surface area is 238 Å². The highest BCUT2D eigenvalue weighted by Crippen LogP contribution is 2.30. The summed E-state index contributed by atoms with van der Waals surface area (Å²) >= 11 is 0. The molecule has 2 N–H and O–H groups in total. The van der Waals surface area contributed by atoms with E-state index < -0.39 is 10.0 Å². The molecule has 1 aliphatic rings. The zero-order valence-corrected chi connectivity index (χ0v) is 24.7. The Morgan fingerprint density at radius 1 is 1.08 bits per heavy atom. The molecule has 0 aliphatic carbocycles. The summed E-state index contributed by atoms with van der Waals surface area (Å²) in [4.78, 5) is 11.6. The number of nitrogens with zero attached hydrogens (tertiary/aromatic N) is 3. The van der Waals surface area contributed by atoms with Crippen molar-refractivity contribution >= 4 is 28.4 Å². The topological polar surface area (TPSA) is 105 Å². The lowest BCUT2D eigenvalue weighted by Crippen LogP contribution is -2.41. The van der Waals surface area contributed by atoms with Gasteiger partial charge in [0.1, 0.15) is 6.61 Å². The van der Waals surface area contributed by atoms with Crippen molar-refractivity contribution < 1.29 is 18.3 Å². The van der Waals surface area contributed by atoms with Crippen LogP contribution in [0.5, 0.6) is 5.88 Å². The number of nitrogens with one attached hydrogen (secondary N) is 1. The molecule has 4 rings (SSSR count). The lowest BCUT2D eigenvalue weighted by Gasteiger charge is -2.33. The van der Waals surface area contributed by atoms with Crippen molar-refractivity contribution in [2.24, 2.45) is 5.92 Å². The maximum Gasteiger partial charge on any atom is 0.264 e. The first-order valence-corrected chi connectivity index (χ1v) is 14.7. The maximum absolute atomic E-state index is 13.4. The summed E-state index contributed by atoms with van der Waals surface area (Å²) in [6.45, 7) is 10.3. The van der Waals surface area contributed by atoms with Gasteiger partial charge in [0, 0.05) is 30.8 Å². The third kappa shape index (κ3) is 7.91. The summed E-state index contributed by atoms with van der Waals surface area (Å²) in [6, 6.07) is 14.9. The molecule has 0 spiro atoms. The van der Waals surface area contributed by atoms with Crippen LogP contribution in [-0.2, 0) is 16.6 Å². The fraction of sp³-hybridized carbons (Fsp3) is 0.448. The quantitative estimate of drug-likeness (QED) is 0.366. The van der Waals surface area contributed by atoms with Gasteiger partial charge in [-0.2, -0.15) is 4.98 Å². The first kappa shape index (κ1) is 30.8. The number of aliphatic hydroxyl groups is 1. The minimum atomic E-state index is -3.93. The van der Waals surface area contributed by atoms with E-state index in [4.69, 9.17) is 4.74 Å². The Bertz CT molecular complexity index is 1350. The van der Waals surface area contributed by atoms with Gasteiger partial charge in [0.2, 0.25) is 11.8 Å². The van der Waals surface area contributed by atoms with Crippen molar-refractivity contribution in [1.29, 1.82) is 0 Å². The molecule has 2 aromatic carbocycles. The van der Waals surface area contributed by atoms with E-state index in [-0.39, 0.29) is 35.9 Å². The van der Waals surface area contributed by atoms with E-state index in [1.165, 1.54) is 0 Å². The number of unbranched alkanes of at least 4 members (excludes halogenated alkanes) is 1. The Kier molecular flexibility index (Phi) is 10.7. The average Bonchev–Trinajstić information content (AvgIpc) is 2.85. The molecule has 212 valence electrons. The molecule has 0 unspecified atom stereocenters. The van der Waals surface area contributed by atoms with Crippen LogP contribution in [-0.4, -0.2) is 54.2 Å². The zero-order chi connectivity index (χ0) is 27.3. The molecule has 2 heterocycles. The fourth-order valence-corrected chi connectivity index (χ4v) is 6.00. The van der Waals surface area contributed by atoms with Crippen LogP contribution in [0.15, 0.2) is 53.4 Å². The number of rotatable bonds is 7. The minimum Gasteiger partial charge on any atom is -0.476 e. The Morgan fingerprint density at radius 3 is 2.49 bits per heavy atom. The van der Waals surface area contributed by atoms with E-state index in [1.54, 1.807) is 24.3 Å². The molecule has 0 saturated heterocycles. The van der Waals surface area contributed by atoms with Gasteiger partial charge in [-0.1, -0.05) is 44.2 Å². The number of ether oxygens (including phenoxy) is 1. The smallest absolute Gasteiger partial charge is 0.264 e. The summed E-state index contributed by atoms with van der Waals surface area (Å²) in [5.74, 6) is 0.731. The number of halogens is 1. The molecule has 0 radical (unpaired) electrons. The second-order valence-corrected chi connectivity index (χ2v) is 12.1. The van der Waals surface area contributed by atoms with Gasteiger partial charge in [-0.15, -0.1) is 12.4 Å². The Balaban J connectivity index is 0.00000420. The summed E-state index contributed by atoms with van der Waals surface area (Å²) < 4.78 is 35.6. The van der Waals surface area contributed by atoms with Crippen molar-refractivity contribution in [2.75, 3.05) is 24.5 Å². The van der Waals surface area contributed by atoms with E-state index >= 15 is 0 Å². The molecule has 1 aromatic heterocycles. The lowest BCUT2D eigenvalue weighted by molar-refractivity contribution is 0.105. The predicted octanol–water partition coefficient (Wildman–Crippen LogP) is 5.36. The Hall–Kier alpha value is -2.72. The molecule has 10 heteroatoms. The molecule has 3 aromatic rings. The molecule has 0 amide bonds. The van der Waals surface area contributed by atoms with Gasteiger partial charge < -0.3 is 9.84 Å². The molecular formula is C29H39ClN4O4S. The third-order valence-electron chi connectivity index (χ3n) is 6.80. The lowest BCUT2D eigenvalue weighted by atomic mass is 10.00. The van der Waals surface area contributed by atoms with Crippen LogP contribution in [0.3, 0.4) is 0 Å². The van der Waals surface area contributed by atoms with Gasteiger partial charge in [0.15, 0.2) is 0 Å². The van der Waals surface area contributed by atoms with Gasteiger partial charge in [-0.05, 0) is 74.4 Å². The number of anilines is 1. The highest BCUT2D eigenvalue weighted by atomic mass is 35.5. The van der Waals surface area contributed by atoms with E-state index in [9.17, 15) is 13.5 Å². The van der Waals surface area contributed by atoms with Crippen LogP contribution >= 0.6 is 12.4 Å². The third-order valence-corrected chi connectivity index (χ3v) is 8.12. The molecule has 0 fully saturated rings. The average molecular weight is 575 g/mol. The monoisotopic (exact) mass is 574 g/mol. The second kappa shape index (κ2) is 13.6. The second-order valence-electron chi connectivity index (χ2n) is 10.4. The summed E-state index contributed by atoms with van der Waals surface area (Å²) in [5.41, 5.74) is 4.49. The number of fused-ring (bicyclic) bond motifs is 4. The van der Waals surface area contributed by atoms with Crippen molar-refractivity contribution in [3.63, 3.8) is 0 Å². The number of hydrogen-bond donors (Lipinski definition) is 2. The van der Waals surface area contributed by atoms with Crippen molar-refractivity contribution in [1.82, 2.24) is 14.9 Å². The number of hydrogen-bond acceptors (Lipinski definition) is 7. The van der Waals surface area contributed by atoms with E-state index in [1.807, 2.05) is 38.1 Å². The van der Waals surface area contributed by atoms with E-state index in [0.717, 1.165) is 41.6 Å². The summed E-state index contributed by atoms with van der Waals surface area (Å²) in [6.07, 6.45) is 2.44. The van der Waals surface area contributed by atoms with Crippen molar-refractivity contribution in [3.05, 3.63) is 65.2 Å². The SMILES string of the molecule is Cc1cccc(C)c1-c1cc2nc(n1)NS(=O)(=O)c1cccc(c1)CN(CCCCO)[C@H](CC(C)C)CO2.Cl. The summed E-state index contributed by atoms with van der Waals surface area (Å²) in [5, 5.41) is 9.36. The number of benzene rings is 2. The Morgan fingerprint density at radius 2 is 1.79 bits per heavy atom. The number of aryl methyl sites for hydroxylation is 2. The first-order chi connectivity index (χ1) is 18.2.